The van der Waals surface area contributed by atoms with Crippen LogP contribution in [-0.4, -0.2) is 50.6 Å². The zero-order chi connectivity index (χ0) is 17.6. The highest BCUT2D eigenvalue weighted by atomic mass is 32.2. The van der Waals surface area contributed by atoms with Gasteiger partial charge in [-0.25, -0.2) is 8.42 Å². The second-order valence-corrected chi connectivity index (χ2v) is 9.05. The Morgan fingerprint density at radius 2 is 2.17 bits per heavy atom. The predicted molar refractivity (Wildman–Crippen MR) is 95.5 cm³/mol. The van der Waals surface area contributed by atoms with Crippen molar-refractivity contribution in [1.29, 1.82) is 0 Å². The summed E-state index contributed by atoms with van der Waals surface area (Å²) in [6, 6.07) is 5.54. The van der Waals surface area contributed by atoms with Crippen molar-refractivity contribution in [3.63, 3.8) is 0 Å². The molecule has 1 aromatic carbocycles. The summed E-state index contributed by atoms with van der Waals surface area (Å²) in [7, 11) is -1.32. The third-order valence-corrected chi connectivity index (χ3v) is 6.94. The molecule has 1 aromatic rings. The van der Waals surface area contributed by atoms with Crippen LogP contribution in [0.3, 0.4) is 0 Å². The Morgan fingerprint density at radius 3 is 2.79 bits per heavy atom. The normalized spacial score (nSPS) is 19.0. The molecule has 1 heterocycles. The van der Waals surface area contributed by atoms with Gasteiger partial charge in [-0.15, -0.1) is 11.8 Å². The highest BCUT2D eigenvalue weighted by molar-refractivity contribution is 8.02. The fraction of sp³-hybridized carbons (Fsp3) is 0.562. The summed E-state index contributed by atoms with van der Waals surface area (Å²) in [5.74, 6) is 1.90. The maximum absolute atomic E-state index is 11.9. The van der Waals surface area contributed by atoms with Crippen LogP contribution in [0.25, 0.3) is 0 Å². The smallest absolute Gasteiger partial charge is 0.230 e. The van der Waals surface area contributed by atoms with Crippen LogP contribution in [0.1, 0.15) is 18.9 Å². The van der Waals surface area contributed by atoms with E-state index >= 15 is 0 Å². The summed E-state index contributed by atoms with van der Waals surface area (Å²) in [4.78, 5) is 11.9. The molecule has 1 atom stereocenters. The average molecular weight is 373 g/mol. The zero-order valence-electron chi connectivity index (χ0n) is 13.9. The lowest BCUT2D eigenvalue weighted by Crippen LogP contribution is -2.25. The monoisotopic (exact) mass is 373 g/mol. The molecule has 2 rings (SSSR count). The number of methoxy groups -OCH3 is 1. The van der Waals surface area contributed by atoms with Gasteiger partial charge in [0.05, 0.1) is 31.0 Å². The number of thioether (sulfide) groups is 1. The number of hydrogen-bond acceptors (Lipinski definition) is 6. The van der Waals surface area contributed by atoms with Gasteiger partial charge in [0.2, 0.25) is 5.91 Å². The number of ether oxygens (including phenoxy) is 2. The van der Waals surface area contributed by atoms with E-state index in [1.54, 1.807) is 7.11 Å². The Labute approximate surface area is 147 Å². The van der Waals surface area contributed by atoms with E-state index in [1.807, 2.05) is 25.1 Å². The van der Waals surface area contributed by atoms with Crippen LogP contribution in [0.5, 0.6) is 11.5 Å². The third kappa shape index (κ3) is 5.59. The number of rotatable bonds is 8. The van der Waals surface area contributed by atoms with Crippen molar-refractivity contribution in [3.05, 3.63) is 23.8 Å². The Morgan fingerprint density at radius 1 is 1.38 bits per heavy atom. The predicted octanol–water partition coefficient (Wildman–Crippen LogP) is 1.63. The first-order valence-corrected chi connectivity index (χ1v) is 10.7. The van der Waals surface area contributed by atoms with Gasteiger partial charge in [-0.05, 0) is 31.0 Å². The molecule has 1 amide bonds. The Balaban J connectivity index is 1.79. The minimum Gasteiger partial charge on any atom is -0.493 e. The van der Waals surface area contributed by atoms with Crippen LogP contribution in [0, 0.1) is 0 Å². The molecule has 134 valence electrons. The zero-order valence-corrected chi connectivity index (χ0v) is 15.5. The summed E-state index contributed by atoms with van der Waals surface area (Å²) in [5.41, 5.74) is 0.914. The number of sulfone groups is 1. The van der Waals surface area contributed by atoms with Gasteiger partial charge in [0, 0.05) is 11.8 Å². The molecule has 1 aliphatic heterocycles. The van der Waals surface area contributed by atoms with Crippen LogP contribution in [0.2, 0.25) is 0 Å². The lowest BCUT2D eigenvalue weighted by atomic mass is 10.2. The maximum atomic E-state index is 11.9. The van der Waals surface area contributed by atoms with Crippen molar-refractivity contribution in [2.75, 3.05) is 31.0 Å². The Bertz CT molecular complexity index is 675. The van der Waals surface area contributed by atoms with Gasteiger partial charge in [-0.3, -0.25) is 4.79 Å². The average Bonchev–Trinajstić information content (AvgIpc) is 2.91. The van der Waals surface area contributed by atoms with Gasteiger partial charge in [0.15, 0.2) is 21.3 Å². The van der Waals surface area contributed by atoms with E-state index < -0.39 is 9.84 Å². The number of benzene rings is 1. The molecular weight excluding hydrogens is 350 g/mol. The van der Waals surface area contributed by atoms with E-state index in [-0.39, 0.29) is 28.4 Å². The van der Waals surface area contributed by atoms with Gasteiger partial charge in [0.25, 0.3) is 0 Å². The van der Waals surface area contributed by atoms with Gasteiger partial charge >= 0.3 is 0 Å². The molecule has 1 saturated heterocycles. The lowest BCUT2D eigenvalue weighted by molar-refractivity contribution is -0.118. The van der Waals surface area contributed by atoms with Crippen molar-refractivity contribution in [3.8, 4) is 11.5 Å². The molecular formula is C16H23NO5S2. The molecule has 1 N–H and O–H groups in total. The molecule has 0 spiro atoms. The second-order valence-electron chi connectivity index (χ2n) is 5.53. The molecule has 0 aromatic heterocycles. The van der Waals surface area contributed by atoms with Crippen LogP contribution < -0.4 is 14.8 Å². The van der Waals surface area contributed by atoms with Gasteiger partial charge in [-0.2, -0.15) is 0 Å². The minimum absolute atomic E-state index is 0.0336. The molecule has 0 radical (unpaired) electrons. The molecule has 0 aliphatic carbocycles. The van der Waals surface area contributed by atoms with Crippen molar-refractivity contribution in [2.24, 2.45) is 0 Å². The van der Waals surface area contributed by atoms with Crippen LogP contribution in [-0.2, 0) is 21.2 Å². The van der Waals surface area contributed by atoms with Crippen molar-refractivity contribution < 1.29 is 22.7 Å². The molecule has 0 unspecified atom stereocenters. The minimum atomic E-state index is -2.89. The van der Waals surface area contributed by atoms with Crippen LogP contribution >= 0.6 is 11.8 Å². The number of nitrogens with one attached hydrogen (secondary N) is 1. The summed E-state index contributed by atoms with van der Waals surface area (Å²) in [5, 5.41) is 2.87. The van der Waals surface area contributed by atoms with Gasteiger partial charge < -0.3 is 14.8 Å². The molecule has 0 saturated carbocycles. The van der Waals surface area contributed by atoms with E-state index in [2.05, 4.69) is 5.32 Å². The largest absolute Gasteiger partial charge is 0.493 e. The fourth-order valence-electron chi connectivity index (χ4n) is 2.43. The first-order valence-electron chi connectivity index (χ1n) is 7.82. The SMILES string of the molecule is CCOc1ccc(CNC(=O)CS[C@H]2CCS(=O)(=O)C2)cc1OC. The molecule has 0 bridgehead atoms. The molecule has 1 fully saturated rings. The Hall–Kier alpha value is -1.41. The molecule has 24 heavy (non-hydrogen) atoms. The topological polar surface area (TPSA) is 81.7 Å². The number of carbonyl (C=O) groups excluding carboxylic acids is 1. The van der Waals surface area contributed by atoms with E-state index in [4.69, 9.17) is 9.47 Å². The first-order chi connectivity index (χ1) is 11.4. The van der Waals surface area contributed by atoms with Gasteiger partial charge in [0.1, 0.15) is 0 Å². The second kappa shape index (κ2) is 8.62. The lowest BCUT2D eigenvalue weighted by Gasteiger charge is -2.12. The third-order valence-electron chi connectivity index (χ3n) is 3.66. The van der Waals surface area contributed by atoms with Crippen LogP contribution in [0.15, 0.2) is 18.2 Å². The summed E-state index contributed by atoms with van der Waals surface area (Å²) < 4.78 is 33.5. The van der Waals surface area contributed by atoms with Crippen molar-refractivity contribution in [2.45, 2.75) is 25.1 Å². The quantitative estimate of drug-likeness (QED) is 0.746. The molecule has 8 heteroatoms. The van der Waals surface area contributed by atoms with Crippen molar-refractivity contribution >= 4 is 27.5 Å². The number of amides is 1. The van der Waals surface area contributed by atoms with Crippen molar-refractivity contribution in [1.82, 2.24) is 5.32 Å². The van der Waals surface area contributed by atoms with E-state index in [0.717, 1.165) is 5.56 Å². The van der Waals surface area contributed by atoms with E-state index in [9.17, 15) is 13.2 Å². The molecule has 1 aliphatic rings. The van der Waals surface area contributed by atoms with Crippen LogP contribution in [0.4, 0.5) is 0 Å². The summed E-state index contributed by atoms with van der Waals surface area (Å²) in [6.45, 7) is 2.85. The highest BCUT2D eigenvalue weighted by Crippen LogP contribution is 2.28. The maximum Gasteiger partial charge on any atom is 0.230 e. The summed E-state index contributed by atoms with van der Waals surface area (Å²) >= 11 is 1.41. The Kier molecular flexibility index (Phi) is 6.79. The number of hydrogen-bond donors (Lipinski definition) is 1. The van der Waals surface area contributed by atoms with E-state index in [0.29, 0.717) is 31.1 Å². The highest BCUT2D eigenvalue weighted by Gasteiger charge is 2.28. The van der Waals surface area contributed by atoms with Gasteiger partial charge in [-0.1, -0.05) is 6.07 Å². The first kappa shape index (κ1) is 18.9. The number of carbonyl (C=O) groups is 1. The molecule has 6 nitrogen and oxygen atoms in total. The summed E-state index contributed by atoms with van der Waals surface area (Å²) in [6.07, 6.45) is 0.635. The van der Waals surface area contributed by atoms with E-state index in [1.165, 1.54) is 11.8 Å². The standard InChI is InChI=1S/C16H23NO5S2/c1-3-22-14-5-4-12(8-15(14)21-2)9-17-16(18)10-23-13-6-7-24(19,20)11-13/h4-5,8,13H,3,6-7,9-11H2,1-2H3,(H,17,18)/t13-/m0/s1. The fourth-order valence-corrected chi connectivity index (χ4v) is 5.91.